The maximum atomic E-state index is 12.8. The average molecular weight is 519 g/mol. The summed E-state index contributed by atoms with van der Waals surface area (Å²) in [6.45, 7) is -5.76. The van der Waals surface area contributed by atoms with Gasteiger partial charge in [0.25, 0.3) is 0 Å². The fourth-order valence-corrected chi connectivity index (χ4v) is 3.19. The molecule has 35 heavy (non-hydrogen) atoms. The van der Waals surface area contributed by atoms with Gasteiger partial charge in [-0.05, 0) is 55.0 Å². The zero-order valence-electron chi connectivity index (χ0n) is 18.1. The number of nitrogens with zero attached hydrogens (tertiary/aromatic N) is 1. The summed E-state index contributed by atoms with van der Waals surface area (Å²) in [6, 6.07) is 12.1. The summed E-state index contributed by atoms with van der Waals surface area (Å²) in [6.07, 6.45) is -12.3. The maximum Gasteiger partial charge on any atom is 0.573 e. The molecule has 0 amide bonds. The Morgan fingerprint density at radius 2 is 1.60 bits per heavy atom. The van der Waals surface area contributed by atoms with Gasteiger partial charge in [0.05, 0.1) is 6.61 Å². The summed E-state index contributed by atoms with van der Waals surface area (Å²) in [5.41, 5.74) is 1.22. The van der Waals surface area contributed by atoms with Crippen LogP contribution in [0.1, 0.15) is 24.0 Å². The Labute approximate surface area is 195 Å². The topological polar surface area (TPSA) is 30.9 Å². The van der Waals surface area contributed by atoms with Crippen molar-refractivity contribution in [1.82, 2.24) is 4.90 Å². The summed E-state index contributed by atoms with van der Waals surface area (Å²) in [7, 11) is 0. The molecule has 0 aliphatic heterocycles. The van der Waals surface area contributed by atoms with Crippen molar-refractivity contribution in [3.05, 3.63) is 59.7 Å². The van der Waals surface area contributed by atoms with Gasteiger partial charge in [-0.15, -0.1) is 13.2 Å². The quantitative estimate of drug-likeness (QED) is 0.126. The smallest absolute Gasteiger partial charge is 0.493 e. The first kappa shape index (κ1) is 28.6. The molecule has 0 heterocycles. The van der Waals surface area contributed by atoms with Crippen LogP contribution in [0.15, 0.2) is 48.5 Å². The molecule has 0 aromatic heterocycles. The highest BCUT2D eigenvalue weighted by Gasteiger charge is 2.43. The van der Waals surface area contributed by atoms with Gasteiger partial charge in [0.2, 0.25) is 0 Å². The summed E-state index contributed by atoms with van der Waals surface area (Å²) < 4.78 is 127. The van der Waals surface area contributed by atoms with Crippen LogP contribution in [-0.2, 0) is 17.6 Å². The number of benzene rings is 2. The number of ether oxygens (including phenoxy) is 3. The predicted octanol–water partition coefficient (Wildman–Crippen LogP) is 6.84. The van der Waals surface area contributed by atoms with Crippen LogP contribution < -0.4 is 9.47 Å². The van der Waals surface area contributed by atoms with Gasteiger partial charge in [-0.2, -0.15) is 26.9 Å². The molecule has 0 bridgehead atoms. The average Bonchev–Trinajstić information content (AvgIpc) is 2.74. The number of halogens is 9. The fraction of sp³-hybridized carbons (Fsp3) is 0.455. The Morgan fingerprint density at radius 1 is 0.886 bits per heavy atom. The molecule has 0 radical (unpaired) electrons. The molecule has 0 aliphatic rings. The minimum atomic E-state index is -5.20. The lowest BCUT2D eigenvalue weighted by Crippen LogP contribution is -2.47. The van der Waals surface area contributed by atoms with Crippen molar-refractivity contribution >= 4 is 0 Å². The second-order valence-corrected chi connectivity index (χ2v) is 7.20. The van der Waals surface area contributed by atoms with Crippen molar-refractivity contribution < 1.29 is 53.7 Å². The molecule has 0 N–H and O–H groups in total. The molecule has 2 rings (SSSR count). The first-order valence-corrected chi connectivity index (χ1v) is 10.3. The lowest BCUT2D eigenvalue weighted by Gasteiger charge is -2.30. The van der Waals surface area contributed by atoms with E-state index in [-0.39, 0.29) is 18.8 Å². The molecule has 196 valence electrons. The van der Waals surface area contributed by atoms with Crippen LogP contribution in [-0.4, -0.2) is 43.8 Å². The number of hydrogen-bond donors (Lipinski definition) is 0. The summed E-state index contributed by atoms with van der Waals surface area (Å²) in [5, 5.41) is 0. The number of alkyl halides is 9. The van der Waals surface area contributed by atoms with Gasteiger partial charge in [0.1, 0.15) is 17.7 Å². The van der Waals surface area contributed by atoms with E-state index >= 15 is 0 Å². The summed E-state index contributed by atoms with van der Waals surface area (Å²) in [4.78, 5) is -0.774. The Hall–Kier alpha value is -2.67. The molecule has 0 spiro atoms. The minimum absolute atomic E-state index is 0.158. The molecule has 1 atom stereocenters. The van der Waals surface area contributed by atoms with Gasteiger partial charge in [0.15, 0.2) is 6.80 Å². The maximum absolute atomic E-state index is 12.8. The molecule has 13 heteroatoms. The second-order valence-electron chi connectivity index (χ2n) is 7.20. The van der Waals surface area contributed by atoms with E-state index in [1.165, 1.54) is 18.2 Å². The Balaban J connectivity index is 1.95. The molecule has 0 aliphatic carbocycles. The van der Waals surface area contributed by atoms with Crippen molar-refractivity contribution in [2.75, 3.05) is 13.4 Å². The van der Waals surface area contributed by atoms with E-state index in [2.05, 4.69) is 9.47 Å². The first-order chi connectivity index (χ1) is 16.4. The lowest BCUT2D eigenvalue weighted by atomic mass is 10.0. The molecule has 1 unspecified atom stereocenters. The molecule has 2 aromatic rings. The van der Waals surface area contributed by atoms with Crippen LogP contribution in [0, 0.1) is 0 Å². The highest BCUT2D eigenvalue weighted by Crippen LogP contribution is 2.28. The highest BCUT2D eigenvalue weighted by molar-refractivity contribution is 5.35. The third-order valence-electron chi connectivity index (χ3n) is 4.70. The van der Waals surface area contributed by atoms with Gasteiger partial charge in [-0.25, -0.2) is 4.39 Å². The van der Waals surface area contributed by atoms with E-state index in [1.54, 1.807) is 30.3 Å². The minimum Gasteiger partial charge on any atom is -0.493 e. The molecule has 0 saturated carbocycles. The molecular weight excluding hydrogens is 497 g/mol. The number of aryl methyl sites for hydroxylation is 2. The third-order valence-corrected chi connectivity index (χ3v) is 4.70. The van der Waals surface area contributed by atoms with Crippen molar-refractivity contribution in [2.45, 2.75) is 51.2 Å². The highest BCUT2D eigenvalue weighted by atomic mass is 19.4. The molecular formula is C22H22F9NO3. The van der Waals surface area contributed by atoms with Crippen LogP contribution in [0.3, 0.4) is 0 Å². The van der Waals surface area contributed by atoms with Gasteiger partial charge >= 0.3 is 19.3 Å². The zero-order valence-corrected chi connectivity index (χ0v) is 18.1. The lowest BCUT2D eigenvalue weighted by molar-refractivity contribution is -0.324. The Kier molecular flexibility index (Phi) is 10.5. The SMILES string of the molecule is FCN(C(CCCOc1ccccc1CCc1cccc(OC(F)(F)F)c1)OC(F)F)C(F)(F)F. The second kappa shape index (κ2) is 12.9. The normalized spacial score (nSPS) is 13.3. The molecule has 0 saturated heterocycles. The Bertz CT molecular complexity index is 906. The van der Waals surface area contributed by atoms with E-state index in [9.17, 15) is 39.5 Å². The standard InChI is InChI=1S/C22H22F9NO3/c23-14-32(21(26,27)28)19(34-20(24)25)9-4-12-33-18-8-2-1-6-16(18)11-10-15-5-3-7-17(13-15)35-22(29,30)31/h1-3,5-8,13,19-20H,4,9-12,14H2. The number of rotatable bonds is 13. The van der Waals surface area contributed by atoms with E-state index in [1.807, 2.05) is 0 Å². The van der Waals surface area contributed by atoms with Crippen LogP contribution in [0.5, 0.6) is 11.5 Å². The summed E-state index contributed by atoms with van der Waals surface area (Å²) >= 11 is 0. The van der Waals surface area contributed by atoms with E-state index < -0.39 is 43.6 Å². The van der Waals surface area contributed by atoms with Gasteiger partial charge in [-0.1, -0.05) is 30.3 Å². The van der Waals surface area contributed by atoms with Gasteiger partial charge < -0.3 is 14.2 Å². The predicted molar refractivity (Wildman–Crippen MR) is 106 cm³/mol. The third kappa shape index (κ3) is 10.2. The number of para-hydroxylation sites is 1. The monoisotopic (exact) mass is 519 g/mol. The van der Waals surface area contributed by atoms with Crippen molar-refractivity contribution in [2.24, 2.45) is 0 Å². The van der Waals surface area contributed by atoms with Gasteiger partial charge in [0, 0.05) is 0 Å². The largest absolute Gasteiger partial charge is 0.573 e. The first-order valence-electron chi connectivity index (χ1n) is 10.3. The Morgan fingerprint density at radius 3 is 2.23 bits per heavy atom. The van der Waals surface area contributed by atoms with Crippen LogP contribution in [0.2, 0.25) is 0 Å². The van der Waals surface area contributed by atoms with Crippen molar-refractivity contribution in [3.63, 3.8) is 0 Å². The number of hydrogen-bond acceptors (Lipinski definition) is 4. The van der Waals surface area contributed by atoms with E-state index in [4.69, 9.17) is 4.74 Å². The zero-order chi connectivity index (χ0) is 26.1. The summed E-state index contributed by atoms with van der Waals surface area (Å²) in [5.74, 6) is 0.000906. The fourth-order valence-electron chi connectivity index (χ4n) is 3.19. The van der Waals surface area contributed by atoms with Crippen LogP contribution >= 0.6 is 0 Å². The van der Waals surface area contributed by atoms with Crippen LogP contribution in [0.25, 0.3) is 0 Å². The van der Waals surface area contributed by atoms with Crippen molar-refractivity contribution in [1.29, 1.82) is 0 Å². The van der Waals surface area contributed by atoms with Crippen molar-refractivity contribution in [3.8, 4) is 11.5 Å². The molecule has 4 nitrogen and oxygen atoms in total. The van der Waals surface area contributed by atoms with E-state index in [0.717, 1.165) is 0 Å². The van der Waals surface area contributed by atoms with Crippen LogP contribution in [0.4, 0.5) is 39.5 Å². The van der Waals surface area contributed by atoms with Gasteiger partial charge in [-0.3, -0.25) is 0 Å². The molecule has 2 aromatic carbocycles. The molecule has 0 fully saturated rings. The van der Waals surface area contributed by atoms with E-state index in [0.29, 0.717) is 29.7 Å².